The molecular formula is C20H19N5OS. The summed E-state index contributed by atoms with van der Waals surface area (Å²) in [4.78, 5) is 9.49. The first-order valence-electron chi connectivity index (χ1n) is 9.05. The number of fused-ring (bicyclic) bond motifs is 1. The minimum atomic E-state index is 0.267. The maximum atomic E-state index is 5.70. The van der Waals surface area contributed by atoms with Crippen LogP contribution in [0.5, 0.6) is 0 Å². The maximum Gasteiger partial charge on any atom is 0.163 e. The molecule has 0 bridgehead atoms. The third kappa shape index (κ3) is 3.43. The van der Waals surface area contributed by atoms with Crippen molar-refractivity contribution in [3.8, 4) is 11.4 Å². The molecule has 0 amide bonds. The quantitative estimate of drug-likeness (QED) is 0.556. The lowest BCUT2D eigenvalue weighted by Crippen LogP contribution is -2.15. The maximum absolute atomic E-state index is 5.70. The molecule has 1 aromatic carbocycles. The highest BCUT2D eigenvalue weighted by atomic mass is 32.1. The predicted molar refractivity (Wildman–Crippen MR) is 107 cm³/mol. The second-order valence-corrected chi connectivity index (χ2v) is 7.42. The Morgan fingerprint density at radius 3 is 3.04 bits per heavy atom. The Kier molecular flexibility index (Phi) is 4.31. The average Bonchev–Trinajstić information content (AvgIpc) is 3.45. The van der Waals surface area contributed by atoms with Crippen molar-refractivity contribution >= 4 is 33.7 Å². The topological polar surface area (TPSA) is 64.9 Å². The van der Waals surface area contributed by atoms with Crippen LogP contribution >= 0.6 is 11.3 Å². The van der Waals surface area contributed by atoms with Crippen molar-refractivity contribution in [2.24, 2.45) is 0 Å². The average molecular weight is 377 g/mol. The van der Waals surface area contributed by atoms with E-state index in [1.807, 2.05) is 52.8 Å². The summed E-state index contributed by atoms with van der Waals surface area (Å²) in [6.07, 6.45) is 6.33. The Balaban J connectivity index is 1.46. The lowest BCUT2D eigenvalue weighted by Gasteiger charge is -2.10. The number of ether oxygens (including phenoxy) is 1. The molecule has 0 unspecified atom stereocenters. The molecule has 136 valence electrons. The van der Waals surface area contributed by atoms with Crippen molar-refractivity contribution in [2.75, 3.05) is 11.9 Å². The van der Waals surface area contributed by atoms with Crippen LogP contribution in [0.25, 0.3) is 22.3 Å². The van der Waals surface area contributed by atoms with Gasteiger partial charge in [-0.1, -0.05) is 12.1 Å². The number of hydrogen-bond acceptors (Lipinski definition) is 6. The van der Waals surface area contributed by atoms with Crippen LogP contribution in [0, 0.1) is 0 Å². The Morgan fingerprint density at radius 2 is 2.19 bits per heavy atom. The smallest absolute Gasteiger partial charge is 0.163 e. The molecule has 4 heterocycles. The Morgan fingerprint density at radius 1 is 1.22 bits per heavy atom. The number of nitrogens with zero attached hydrogens (tertiary/aromatic N) is 4. The summed E-state index contributed by atoms with van der Waals surface area (Å²) in [5.41, 5.74) is 2.86. The van der Waals surface area contributed by atoms with Crippen LogP contribution in [0.15, 0.2) is 53.5 Å². The molecule has 4 aromatic rings. The van der Waals surface area contributed by atoms with Gasteiger partial charge in [0.1, 0.15) is 5.82 Å². The first-order chi connectivity index (χ1) is 13.3. The minimum Gasteiger partial charge on any atom is -0.376 e. The third-order valence-corrected chi connectivity index (χ3v) is 5.38. The number of hydrogen-bond donors (Lipinski definition) is 1. The molecule has 1 aliphatic rings. The van der Waals surface area contributed by atoms with E-state index in [0.717, 1.165) is 59.8 Å². The van der Waals surface area contributed by atoms with E-state index < -0.39 is 0 Å². The third-order valence-electron chi connectivity index (χ3n) is 4.69. The molecule has 0 aliphatic carbocycles. The molecule has 0 radical (unpaired) electrons. The van der Waals surface area contributed by atoms with Gasteiger partial charge in [-0.15, -0.1) is 0 Å². The van der Waals surface area contributed by atoms with Crippen molar-refractivity contribution < 1.29 is 4.74 Å². The van der Waals surface area contributed by atoms with E-state index in [9.17, 15) is 0 Å². The molecule has 7 heteroatoms. The standard InChI is InChI=1S/C20H19N5OS/c1-2-6-18-17(5-1)20(24-19(23-18)14-7-9-27-13-14)22-15-10-21-25(11-15)12-16-4-3-8-26-16/h1-2,5-7,9-11,13,16H,3-4,8,12H2,(H,22,23,24)/t16-/m1/s1. The van der Waals surface area contributed by atoms with Gasteiger partial charge >= 0.3 is 0 Å². The fourth-order valence-corrected chi connectivity index (χ4v) is 3.99. The van der Waals surface area contributed by atoms with Gasteiger partial charge in [-0.05, 0) is 36.4 Å². The van der Waals surface area contributed by atoms with E-state index in [1.165, 1.54) is 0 Å². The van der Waals surface area contributed by atoms with Gasteiger partial charge in [-0.2, -0.15) is 16.4 Å². The lowest BCUT2D eigenvalue weighted by molar-refractivity contribution is 0.0940. The lowest BCUT2D eigenvalue weighted by atomic mass is 10.2. The summed E-state index contributed by atoms with van der Waals surface area (Å²) in [5.74, 6) is 1.52. The van der Waals surface area contributed by atoms with Gasteiger partial charge in [0, 0.05) is 29.1 Å². The molecule has 0 spiro atoms. The fourth-order valence-electron chi connectivity index (χ4n) is 3.35. The summed E-state index contributed by atoms with van der Waals surface area (Å²) >= 11 is 1.64. The van der Waals surface area contributed by atoms with E-state index in [0.29, 0.717) is 0 Å². The normalized spacial score (nSPS) is 16.8. The summed E-state index contributed by atoms with van der Waals surface area (Å²) < 4.78 is 7.63. The molecular weight excluding hydrogens is 358 g/mol. The van der Waals surface area contributed by atoms with E-state index in [4.69, 9.17) is 14.7 Å². The number of aromatic nitrogens is 4. The summed E-state index contributed by atoms with van der Waals surface area (Å²) in [6.45, 7) is 1.64. The van der Waals surface area contributed by atoms with Crippen LogP contribution in [-0.2, 0) is 11.3 Å². The van der Waals surface area contributed by atoms with Crippen molar-refractivity contribution in [3.63, 3.8) is 0 Å². The summed E-state index contributed by atoms with van der Waals surface area (Å²) in [7, 11) is 0. The highest BCUT2D eigenvalue weighted by molar-refractivity contribution is 7.08. The fraction of sp³-hybridized carbons (Fsp3) is 0.250. The largest absolute Gasteiger partial charge is 0.376 e. The molecule has 1 fully saturated rings. The Bertz CT molecular complexity index is 1050. The number of rotatable bonds is 5. The van der Waals surface area contributed by atoms with Crippen LogP contribution < -0.4 is 5.32 Å². The molecule has 5 rings (SSSR count). The van der Waals surface area contributed by atoms with Crippen molar-refractivity contribution in [3.05, 3.63) is 53.5 Å². The Hall–Kier alpha value is -2.77. The zero-order valence-electron chi connectivity index (χ0n) is 14.7. The molecule has 27 heavy (non-hydrogen) atoms. The van der Waals surface area contributed by atoms with Crippen molar-refractivity contribution in [2.45, 2.75) is 25.5 Å². The molecule has 0 saturated carbocycles. The van der Waals surface area contributed by atoms with Gasteiger partial charge in [0.25, 0.3) is 0 Å². The van der Waals surface area contributed by atoms with Gasteiger partial charge < -0.3 is 10.1 Å². The summed E-state index contributed by atoms with van der Waals surface area (Å²) in [6, 6.07) is 10.1. The number of para-hydroxylation sites is 1. The zero-order valence-corrected chi connectivity index (χ0v) is 15.5. The predicted octanol–water partition coefficient (Wildman–Crippen LogP) is 4.48. The van der Waals surface area contributed by atoms with E-state index in [2.05, 4.69) is 15.8 Å². The first kappa shape index (κ1) is 16.4. The van der Waals surface area contributed by atoms with Crippen LogP contribution in [-0.4, -0.2) is 32.5 Å². The number of benzene rings is 1. The molecule has 1 N–H and O–H groups in total. The van der Waals surface area contributed by atoms with Crippen LogP contribution in [0.1, 0.15) is 12.8 Å². The van der Waals surface area contributed by atoms with Crippen LogP contribution in [0.4, 0.5) is 11.5 Å². The molecule has 1 saturated heterocycles. The number of nitrogens with one attached hydrogen (secondary N) is 1. The summed E-state index contributed by atoms with van der Waals surface area (Å²) in [5, 5.41) is 13.0. The second-order valence-electron chi connectivity index (χ2n) is 6.64. The number of anilines is 2. The van der Waals surface area contributed by atoms with Gasteiger partial charge in [0.15, 0.2) is 5.82 Å². The monoisotopic (exact) mass is 377 g/mol. The highest BCUT2D eigenvalue weighted by Crippen LogP contribution is 2.28. The van der Waals surface area contributed by atoms with Gasteiger partial charge in [-0.25, -0.2) is 9.97 Å². The van der Waals surface area contributed by atoms with Gasteiger partial charge in [0.05, 0.1) is 30.0 Å². The van der Waals surface area contributed by atoms with E-state index >= 15 is 0 Å². The second kappa shape index (κ2) is 7.09. The molecule has 1 aliphatic heterocycles. The SMILES string of the molecule is c1ccc2c(Nc3cnn(C[C@H]4CCCO4)c3)nc(-c3ccsc3)nc2c1. The van der Waals surface area contributed by atoms with E-state index in [1.54, 1.807) is 11.3 Å². The highest BCUT2D eigenvalue weighted by Gasteiger charge is 2.17. The first-order valence-corrected chi connectivity index (χ1v) is 10.00. The van der Waals surface area contributed by atoms with E-state index in [-0.39, 0.29) is 6.10 Å². The van der Waals surface area contributed by atoms with Crippen LogP contribution in [0.2, 0.25) is 0 Å². The zero-order chi connectivity index (χ0) is 18.1. The molecule has 3 aromatic heterocycles. The van der Waals surface area contributed by atoms with Gasteiger partial charge in [0.2, 0.25) is 0 Å². The van der Waals surface area contributed by atoms with Crippen molar-refractivity contribution in [1.29, 1.82) is 0 Å². The molecule has 1 atom stereocenters. The van der Waals surface area contributed by atoms with Crippen LogP contribution in [0.3, 0.4) is 0 Å². The van der Waals surface area contributed by atoms with Crippen molar-refractivity contribution in [1.82, 2.24) is 19.7 Å². The molecule has 6 nitrogen and oxygen atoms in total. The minimum absolute atomic E-state index is 0.267. The number of thiophene rings is 1. The Labute approximate surface area is 160 Å². The van der Waals surface area contributed by atoms with Gasteiger partial charge in [-0.3, -0.25) is 4.68 Å².